The average Bonchev–Trinajstić information content (AvgIpc) is 3.04. The van der Waals surface area contributed by atoms with Crippen LogP contribution in [0.15, 0.2) is 42.5 Å². The van der Waals surface area contributed by atoms with Gasteiger partial charge in [-0.3, -0.25) is 0 Å². The number of carbonyl (C=O) groups is 1. The van der Waals surface area contributed by atoms with Gasteiger partial charge in [0.2, 0.25) is 0 Å². The van der Waals surface area contributed by atoms with Crippen molar-refractivity contribution in [1.82, 2.24) is 15.0 Å². The van der Waals surface area contributed by atoms with Gasteiger partial charge in [-0.25, -0.2) is 9.48 Å². The monoisotopic (exact) mass is 415 g/mol. The van der Waals surface area contributed by atoms with Crippen molar-refractivity contribution < 1.29 is 35.3 Å². The highest BCUT2D eigenvalue weighted by Crippen LogP contribution is 2.30. The Balaban J connectivity index is 1.90. The quantitative estimate of drug-likeness (QED) is 0.359. The molecule has 28 heavy (non-hydrogen) atoms. The number of aromatic nitrogens is 3. The van der Waals surface area contributed by atoms with Gasteiger partial charge in [0.05, 0.1) is 24.7 Å². The van der Waals surface area contributed by atoms with E-state index in [1.165, 1.54) is 23.9 Å². The van der Waals surface area contributed by atoms with Crippen LogP contribution in [0.2, 0.25) is 0 Å². The van der Waals surface area contributed by atoms with Gasteiger partial charge in [0.1, 0.15) is 0 Å². The predicted molar refractivity (Wildman–Crippen MR) is 90.0 cm³/mol. The van der Waals surface area contributed by atoms with Crippen LogP contribution in [0.3, 0.4) is 0 Å². The maximum atomic E-state index is 12.5. The minimum Gasteiger partial charge on any atom is -0.465 e. The SMILES string of the molecule is COC(=O)c1ccc(Cn2nnc3c(OS(=O)(=O)C(F)(F)F)cccc32)cc1. The highest BCUT2D eigenvalue weighted by molar-refractivity contribution is 7.88. The Morgan fingerprint density at radius 3 is 2.43 bits per heavy atom. The number of fused-ring (bicyclic) bond motifs is 1. The highest BCUT2D eigenvalue weighted by Gasteiger charge is 2.48. The van der Waals surface area contributed by atoms with Crippen molar-refractivity contribution in [2.45, 2.75) is 12.1 Å². The third kappa shape index (κ3) is 3.76. The van der Waals surface area contributed by atoms with Crippen molar-refractivity contribution in [2.75, 3.05) is 7.11 Å². The van der Waals surface area contributed by atoms with E-state index in [0.29, 0.717) is 11.1 Å². The lowest BCUT2D eigenvalue weighted by Gasteiger charge is -2.09. The smallest absolute Gasteiger partial charge is 0.465 e. The number of methoxy groups -OCH3 is 1. The number of hydrogen-bond acceptors (Lipinski definition) is 7. The van der Waals surface area contributed by atoms with Crippen molar-refractivity contribution in [3.63, 3.8) is 0 Å². The summed E-state index contributed by atoms with van der Waals surface area (Å²) in [5.74, 6) is -1.08. The van der Waals surface area contributed by atoms with Gasteiger partial charge >= 0.3 is 21.6 Å². The zero-order chi connectivity index (χ0) is 20.5. The van der Waals surface area contributed by atoms with Gasteiger partial charge < -0.3 is 8.92 Å². The molecule has 8 nitrogen and oxygen atoms in total. The molecule has 0 spiro atoms. The summed E-state index contributed by atoms with van der Waals surface area (Å²) in [4.78, 5) is 11.4. The van der Waals surface area contributed by atoms with Crippen molar-refractivity contribution >= 4 is 27.1 Å². The second kappa shape index (κ2) is 7.11. The molecule has 0 fully saturated rings. The minimum atomic E-state index is -5.83. The fourth-order valence-corrected chi connectivity index (χ4v) is 2.82. The number of carbonyl (C=O) groups excluding carboxylic acids is 1. The van der Waals surface area contributed by atoms with Crippen LogP contribution in [0.1, 0.15) is 15.9 Å². The number of rotatable bonds is 5. The summed E-state index contributed by atoms with van der Waals surface area (Å²) in [6.45, 7) is 0.174. The summed E-state index contributed by atoms with van der Waals surface area (Å²) in [5.41, 5.74) is -4.36. The number of alkyl halides is 3. The fourth-order valence-electron chi connectivity index (χ4n) is 2.35. The van der Waals surface area contributed by atoms with Gasteiger partial charge in [0.25, 0.3) is 0 Å². The number of halogens is 3. The molecule has 0 aliphatic heterocycles. The Hall–Kier alpha value is -3.15. The van der Waals surface area contributed by atoms with Crippen LogP contribution in [0.5, 0.6) is 5.75 Å². The van der Waals surface area contributed by atoms with E-state index in [9.17, 15) is 26.4 Å². The molecule has 1 aromatic heterocycles. The van der Waals surface area contributed by atoms with Crippen LogP contribution in [-0.4, -0.2) is 42.0 Å². The molecule has 0 saturated heterocycles. The zero-order valence-corrected chi connectivity index (χ0v) is 15.0. The third-order valence-electron chi connectivity index (χ3n) is 3.70. The second-order valence-corrected chi connectivity index (χ2v) is 7.08. The standard InChI is InChI=1S/C16H12F3N3O5S/c1-26-15(23)11-7-5-10(6-8-11)9-22-12-3-2-4-13(14(12)20-21-22)27-28(24,25)16(17,18)19/h2-8H,9H2,1H3. The number of ether oxygens (including phenoxy) is 1. The first-order valence-electron chi connectivity index (χ1n) is 7.62. The number of esters is 1. The lowest BCUT2D eigenvalue weighted by atomic mass is 10.1. The maximum absolute atomic E-state index is 12.5. The average molecular weight is 415 g/mol. The highest BCUT2D eigenvalue weighted by atomic mass is 32.2. The Kier molecular flexibility index (Phi) is 4.98. The van der Waals surface area contributed by atoms with E-state index < -0.39 is 27.3 Å². The molecule has 0 amide bonds. The van der Waals surface area contributed by atoms with E-state index >= 15 is 0 Å². The van der Waals surface area contributed by atoms with E-state index in [4.69, 9.17) is 0 Å². The first-order valence-corrected chi connectivity index (χ1v) is 9.03. The minimum absolute atomic E-state index is 0.137. The molecule has 0 N–H and O–H groups in total. The molecule has 0 bridgehead atoms. The molecule has 1 heterocycles. The first-order chi connectivity index (χ1) is 13.1. The summed E-state index contributed by atoms with van der Waals surface area (Å²) in [6.07, 6.45) is 0. The zero-order valence-electron chi connectivity index (χ0n) is 14.2. The molecule has 0 saturated carbocycles. The summed E-state index contributed by atoms with van der Waals surface area (Å²) < 4.78 is 70.2. The summed E-state index contributed by atoms with van der Waals surface area (Å²) in [5, 5.41) is 7.56. The van der Waals surface area contributed by atoms with Crippen LogP contribution >= 0.6 is 0 Å². The van der Waals surface area contributed by atoms with Crippen LogP contribution < -0.4 is 4.18 Å². The van der Waals surface area contributed by atoms with Crippen molar-refractivity contribution in [3.8, 4) is 5.75 Å². The molecule has 3 aromatic rings. The maximum Gasteiger partial charge on any atom is 0.534 e. The van der Waals surface area contributed by atoms with E-state index in [2.05, 4.69) is 19.2 Å². The Labute approximate surface area is 156 Å². The molecule has 0 atom stereocenters. The van der Waals surface area contributed by atoms with Crippen molar-refractivity contribution in [3.05, 3.63) is 53.6 Å². The van der Waals surface area contributed by atoms with Crippen LogP contribution in [-0.2, 0) is 21.4 Å². The topological polar surface area (TPSA) is 100 Å². The lowest BCUT2D eigenvalue weighted by molar-refractivity contribution is -0.0499. The summed E-state index contributed by atoms with van der Waals surface area (Å²) in [7, 11) is -4.57. The van der Waals surface area contributed by atoms with E-state index in [1.807, 2.05) is 0 Å². The molecule has 0 aliphatic carbocycles. The van der Waals surface area contributed by atoms with Crippen molar-refractivity contribution in [2.24, 2.45) is 0 Å². The molecule has 12 heteroatoms. The number of benzene rings is 2. The van der Waals surface area contributed by atoms with E-state index in [-0.39, 0.29) is 17.6 Å². The van der Waals surface area contributed by atoms with E-state index in [1.54, 1.807) is 24.3 Å². The van der Waals surface area contributed by atoms with Crippen LogP contribution in [0.25, 0.3) is 11.0 Å². The molecule has 0 radical (unpaired) electrons. The predicted octanol–water partition coefficient (Wildman–Crippen LogP) is 2.49. The van der Waals surface area contributed by atoms with Gasteiger partial charge in [0, 0.05) is 0 Å². The molecule has 148 valence electrons. The summed E-state index contributed by atoms with van der Waals surface area (Å²) in [6, 6.07) is 10.3. The Morgan fingerprint density at radius 2 is 1.82 bits per heavy atom. The fraction of sp³-hybridized carbons (Fsp3) is 0.188. The van der Waals surface area contributed by atoms with Gasteiger partial charge in [-0.05, 0) is 29.8 Å². The third-order valence-corrected chi connectivity index (χ3v) is 4.66. The summed E-state index contributed by atoms with van der Waals surface area (Å²) >= 11 is 0. The molecular formula is C16H12F3N3O5S. The van der Waals surface area contributed by atoms with Gasteiger partial charge in [0.15, 0.2) is 11.3 Å². The van der Waals surface area contributed by atoms with Gasteiger partial charge in [-0.1, -0.05) is 23.4 Å². The molecule has 0 aliphatic rings. The van der Waals surface area contributed by atoms with Crippen molar-refractivity contribution in [1.29, 1.82) is 0 Å². The van der Waals surface area contributed by atoms with Gasteiger partial charge in [-0.2, -0.15) is 21.6 Å². The van der Waals surface area contributed by atoms with Crippen LogP contribution in [0, 0.1) is 0 Å². The molecule has 0 unspecified atom stereocenters. The molecule has 2 aromatic carbocycles. The number of hydrogen-bond donors (Lipinski definition) is 0. The largest absolute Gasteiger partial charge is 0.534 e. The Morgan fingerprint density at radius 1 is 1.14 bits per heavy atom. The molecular weight excluding hydrogens is 403 g/mol. The first kappa shape index (κ1) is 19.6. The lowest BCUT2D eigenvalue weighted by Crippen LogP contribution is -2.28. The van der Waals surface area contributed by atoms with Gasteiger partial charge in [-0.15, -0.1) is 5.10 Å². The van der Waals surface area contributed by atoms with E-state index in [0.717, 1.165) is 6.07 Å². The van der Waals surface area contributed by atoms with Crippen LogP contribution in [0.4, 0.5) is 13.2 Å². The normalized spacial score (nSPS) is 12.1. The second-order valence-electron chi connectivity index (χ2n) is 5.54. The number of nitrogens with zero attached hydrogens (tertiary/aromatic N) is 3. The Bertz CT molecular complexity index is 1120. The molecule has 3 rings (SSSR count).